The van der Waals surface area contributed by atoms with Crippen molar-refractivity contribution in [3.8, 4) is 0 Å². The maximum absolute atomic E-state index is 9.10. The number of aromatic nitrogens is 1. The van der Waals surface area contributed by atoms with Gasteiger partial charge in [-0.2, -0.15) is 0 Å². The van der Waals surface area contributed by atoms with Crippen molar-refractivity contribution in [2.75, 3.05) is 11.4 Å². The van der Waals surface area contributed by atoms with Crippen LogP contribution < -0.4 is 4.90 Å². The Labute approximate surface area is 122 Å². The second-order valence-electron chi connectivity index (χ2n) is 4.70. The minimum absolute atomic E-state index is 0.673. The van der Waals surface area contributed by atoms with Gasteiger partial charge in [0.15, 0.2) is 0 Å². The molecule has 0 fully saturated rings. The third-order valence-corrected chi connectivity index (χ3v) is 3.85. The van der Waals surface area contributed by atoms with E-state index in [9.17, 15) is 0 Å². The summed E-state index contributed by atoms with van der Waals surface area (Å²) in [4.78, 5) is 6.25. The van der Waals surface area contributed by atoms with Crippen molar-refractivity contribution >= 4 is 23.0 Å². The van der Waals surface area contributed by atoms with Gasteiger partial charge in [0, 0.05) is 43.2 Å². The third kappa shape index (κ3) is 2.34. The fourth-order valence-electron chi connectivity index (χ4n) is 2.50. The molecule has 0 aliphatic carbocycles. The molecule has 0 spiro atoms. The van der Waals surface area contributed by atoms with Crippen molar-refractivity contribution in [2.24, 2.45) is 5.16 Å². The molecule has 0 atom stereocenters. The van der Waals surface area contributed by atoms with Gasteiger partial charge in [-0.05, 0) is 17.7 Å². The molecule has 0 bridgehead atoms. The number of pyridine rings is 1. The summed E-state index contributed by atoms with van der Waals surface area (Å²) in [6.45, 7) is 1.52. The Morgan fingerprint density at radius 1 is 1.30 bits per heavy atom. The molecular weight excluding hydrogens is 274 g/mol. The first-order valence-corrected chi connectivity index (χ1v) is 6.81. The summed E-state index contributed by atoms with van der Waals surface area (Å²) >= 11 is 6.17. The number of rotatable bonds is 2. The van der Waals surface area contributed by atoms with E-state index in [1.165, 1.54) is 0 Å². The van der Waals surface area contributed by atoms with Crippen molar-refractivity contribution in [2.45, 2.75) is 13.0 Å². The average Bonchev–Trinajstić information content (AvgIpc) is 2.50. The first kappa shape index (κ1) is 12.9. The van der Waals surface area contributed by atoms with Gasteiger partial charge in [0.05, 0.1) is 10.7 Å². The zero-order valence-electron chi connectivity index (χ0n) is 10.8. The van der Waals surface area contributed by atoms with Gasteiger partial charge >= 0.3 is 0 Å². The van der Waals surface area contributed by atoms with E-state index in [1.54, 1.807) is 12.4 Å². The maximum atomic E-state index is 9.10. The van der Waals surface area contributed by atoms with Gasteiger partial charge in [0.1, 0.15) is 0 Å². The van der Waals surface area contributed by atoms with Crippen LogP contribution in [0.5, 0.6) is 0 Å². The molecular formula is C15H14ClN3O. The Bertz CT molecular complexity index is 657. The van der Waals surface area contributed by atoms with E-state index in [-0.39, 0.29) is 0 Å². The molecule has 102 valence electrons. The van der Waals surface area contributed by atoms with E-state index in [0.29, 0.717) is 5.02 Å². The number of anilines is 1. The summed E-state index contributed by atoms with van der Waals surface area (Å²) in [6.07, 6.45) is 4.13. The topological polar surface area (TPSA) is 48.7 Å². The third-order valence-electron chi connectivity index (χ3n) is 3.51. The van der Waals surface area contributed by atoms with E-state index in [2.05, 4.69) is 15.0 Å². The van der Waals surface area contributed by atoms with Crippen molar-refractivity contribution in [1.82, 2.24) is 4.98 Å². The molecule has 1 aliphatic rings. The lowest BCUT2D eigenvalue weighted by Crippen LogP contribution is -2.32. The Hall–Kier alpha value is -2.07. The van der Waals surface area contributed by atoms with Gasteiger partial charge in [-0.3, -0.25) is 4.98 Å². The molecule has 0 amide bonds. The number of oxime groups is 1. The van der Waals surface area contributed by atoms with Crippen LogP contribution in [0, 0.1) is 0 Å². The Morgan fingerprint density at radius 2 is 2.15 bits per heavy atom. The minimum atomic E-state index is 0.673. The lowest BCUT2D eigenvalue weighted by molar-refractivity contribution is 0.317. The number of para-hydroxylation sites is 1. The van der Waals surface area contributed by atoms with E-state index >= 15 is 0 Å². The standard InChI is InChI=1S/C15H14ClN3O/c16-13-9-17-7-5-11(13)10-19-8-6-14(18-20)12-3-1-2-4-15(12)19/h1-5,7,9,20H,6,8,10H2. The molecule has 0 saturated heterocycles. The van der Waals surface area contributed by atoms with Crippen LogP contribution in [0.4, 0.5) is 5.69 Å². The minimum Gasteiger partial charge on any atom is -0.411 e. The second kappa shape index (κ2) is 5.51. The summed E-state index contributed by atoms with van der Waals surface area (Å²) in [5.74, 6) is 0. The smallest absolute Gasteiger partial charge is 0.0906 e. The summed E-state index contributed by atoms with van der Waals surface area (Å²) in [7, 11) is 0. The average molecular weight is 288 g/mol. The van der Waals surface area contributed by atoms with E-state index in [1.807, 2.05) is 30.3 Å². The first-order chi connectivity index (χ1) is 9.79. The lowest BCUT2D eigenvalue weighted by atomic mass is 9.99. The molecule has 1 aromatic heterocycles. The number of nitrogens with zero attached hydrogens (tertiary/aromatic N) is 3. The fourth-order valence-corrected chi connectivity index (χ4v) is 2.67. The molecule has 1 N–H and O–H groups in total. The number of hydrogen-bond donors (Lipinski definition) is 1. The van der Waals surface area contributed by atoms with E-state index in [4.69, 9.17) is 16.8 Å². The van der Waals surface area contributed by atoms with Crippen LogP contribution in [0.3, 0.4) is 0 Å². The Kier molecular flexibility index (Phi) is 3.56. The van der Waals surface area contributed by atoms with Gasteiger partial charge < -0.3 is 10.1 Å². The first-order valence-electron chi connectivity index (χ1n) is 6.43. The number of fused-ring (bicyclic) bond motifs is 1. The van der Waals surface area contributed by atoms with Crippen LogP contribution in [-0.4, -0.2) is 22.4 Å². The predicted octanol–water partition coefficient (Wildman–Crippen LogP) is 3.32. The summed E-state index contributed by atoms with van der Waals surface area (Å²) in [6, 6.07) is 9.88. The monoisotopic (exact) mass is 287 g/mol. The normalized spacial score (nSPS) is 16.2. The summed E-state index contributed by atoms with van der Waals surface area (Å²) < 4.78 is 0. The number of benzene rings is 1. The predicted molar refractivity (Wildman–Crippen MR) is 79.7 cm³/mol. The van der Waals surface area contributed by atoms with Crippen LogP contribution in [0.1, 0.15) is 17.5 Å². The van der Waals surface area contributed by atoms with Crippen molar-refractivity contribution in [3.63, 3.8) is 0 Å². The zero-order valence-corrected chi connectivity index (χ0v) is 11.6. The van der Waals surface area contributed by atoms with Crippen molar-refractivity contribution in [3.05, 3.63) is 58.9 Å². The molecule has 0 radical (unpaired) electrons. The molecule has 1 aromatic carbocycles. The van der Waals surface area contributed by atoms with Gasteiger partial charge in [-0.1, -0.05) is 35.0 Å². The van der Waals surface area contributed by atoms with E-state index < -0.39 is 0 Å². The SMILES string of the molecule is ON=C1CCN(Cc2ccncc2Cl)c2ccccc21. The van der Waals surface area contributed by atoms with Gasteiger partial charge in [0.2, 0.25) is 0 Å². The van der Waals surface area contributed by atoms with Crippen LogP contribution in [-0.2, 0) is 6.54 Å². The Balaban J connectivity index is 1.95. The van der Waals surface area contributed by atoms with Crippen LogP contribution in [0.15, 0.2) is 47.9 Å². The van der Waals surface area contributed by atoms with Gasteiger partial charge in [-0.15, -0.1) is 0 Å². The second-order valence-corrected chi connectivity index (χ2v) is 5.11. The van der Waals surface area contributed by atoms with Crippen molar-refractivity contribution in [1.29, 1.82) is 0 Å². The molecule has 20 heavy (non-hydrogen) atoms. The maximum Gasteiger partial charge on any atom is 0.0906 e. The highest BCUT2D eigenvalue weighted by molar-refractivity contribution is 6.31. The van der Waals surface area contributed by atoms with Crippen LogP contribution in [0.2, 0.25) is 5.02 Å². The molecule has 4 nitrogen and oxygen atoms in total. The summed E-state index contributed by atoms with van der Waals surface area (Å²) in [5.41, 5.74) is 3.82. The molecule has 2 aromatic rings. The van der Waals surface area contributed by atoms with Gasteiger partial charge in [0.25, 0.3) is 0 Å². The molecule has 3 rings (SSSR count). The quantitative estimate of drug-likeness (QED) is 0.681. The zero-order chi connectivity index (χ0) is 13.9. The highest BCUT2D eigenvalue weighted by atomic mass is 35.5. The van der Waals surface area contributed by atoms with E-state index in [0.717, 1.165) is 42.0 Å². The highest BCUT2D eigenvalue weighted by Gasteiger charge is 2.22. The molecule has 0 unspecified atom stereocenters. The van der Waals surface area contributed by atoms with Crippen molar-refractivity contribution < 1.29 is 5.21 Å². The fraction of sp³-hybridized carbons (Fsp3) is 0.200. The summed E-state index contributed by atoms with van der Waals surface area (Å²) in [5, 5.41) is 13.2. The number of hydrogen-bond acceptors (Lipinski definition) is 4. The molecule has 2 heterocycles. The molecule has 5 heteroatoms. The van der Waals surface area contributed by atoms with Gasteiger partial charge in [-0.25, -0.2) is 0 Å². The largest absolute Gasteiger partial charge is 0.411 e. The number of halogens is 1. The van der Waals surface area contributed by atoms with Crippen LogP contribution >= 0.6 is 11.6 Å². The molecule has 1 aliphatic heterocycles. The lowest BCUT2D eigenvalue weighted by Gasteiger charge is -2.31. The highest BCUT2D eigenvalue weighted by Crippen LogP contribution is 2.29. The Morgan fingerprint density at radius 3 is 2.95 bits per heavy atom. The molecule has 0 saturated carbocycles. The van der Waals surface area contributed by atoms with Crippen LogP contribution in [0.25, 0.3) is 0 Å².